The van der Waals surface area contributed by atoms with Crippen LogP contribution in [0.3, 0.4) is 0 Å². The lowest BCUT2D eigenvalue weighted by Crippen LogP contribution is -2.06. The summed E-state index contributed by atoms with van der Waals surface area (Å²) < 4.78 is 11.3. The van der Waals surface area contributed by atoms with Crippen LogP contribution >= 0.6 is 0 Å². The summed E-state index contributed by atoms with van der Waals surface area (Å²) in [6.07, 6.45) is 2.04. The third-order valence-corrected chi connectivity index (χ3v) is 3.78. The van der Waals surface area contributed by atoms with Gasteiger partial charge in [0.1, 0.15) is 5.75 Å². The fourth-order valence-electron chi connectivity index (χ4n) is 2.51. The van der Waals surface area contributed by atoms with Gasteiger partial charge in [-0.3, -0.25) is 0 Å². The van der Waals surface area contributed by atoms with E-state index in [1.165, 1.54) is 11.1 Å². The average molecular weight is 262 g/mol. The summed E-state index contributed by atoms with van der Waals surface area (Å²) in [6.45, 7) is 11.7. The van der Waals surface area contributed by atoms with Gasteiger partial charge in [0.25, 0.3) is 0 Å². The highest BCUT2D eigenvalue weighted by Crippen LogP contribution is 2.34. The second-order valence-electron chi connectivity index (χ2n) is 6.24. The molecule has 1 aliphatic heterocycles. The number of benzene rings is 1. The molecule has 1 heterocycles. The number of rotatable bonds is 6. The third-order valence-electron chi connectivity index (χ3n) is 3.78. The SMILES string of the molecule is Cc1cc(OCC(C)C)ccc1C(C)CC1OC1C. The minimum atomic E-state index is 0.455. The van der Waals surface area contributed by atoms with Crippen molar-refractivity contribution in [2.24, 2.45) is 5.92 Å². The van der Waals surface area contributed by atoms with Gasteiger partial charge < -0.3 is 9.47 Å². The molecule has 0 spiro atoms. The summed E-state index contributed by atoms with van der Waals surface area (Å²) in [6, 6.07) is 6.46. The lowest BCUT2D eigenvalue weighted by molar-refractivity contribution is 0.271. The van der Waals surface area contributed by atoms with Gasteiger partial charge >= 0.3 is 0 Å². The molecule has 0 N–H and O–H groups in total. The van der Waals surface area contributed by atoms with E-state index in [0.29, 0.717) is 24.0 Å². The summed E-state index contributed by atoms with van der Waals surface area (Å²) in [5, 5.41) is 0. The first kappa shape index (κ1) is 14.4. The summed E-state index contributed by atoms with van der Waals surface area (Å²) >= 11 is 0. The fraction of sp³-hybridized carbons (Fsp3) is 0.647. The second kappa shape index (κ2) is 5.96. The van der Waals surface area contributed by atoms with Crippen molar-refractivity contribution in [1.82, 2.24) is 0 Å². The number of hydrogen-bond donors (Lipinski definition) is 0. The maximum atomic E-state index is 5.77. The maximum absolute atomic E-state index is 5.77. The van der Waals surface area contributed by atoms with Gasteiger partial charge in [-0.2, -0.15) is 0 Å². The quantitative estimate of drug-likeness (QED) is 0.712. The molecule has 0 bridgehead atoms. The molecule has 1 aromatic rings. The lowest BCUT2D eigenvalue weighted by atomic mass is 9.92. The number of ether oxygens (including phenoxy) is 2. The molecular formula is C17H26O2. The van der Waals surface area contributed by atoms with Crippen LogP contribution in [0.4, 0.5) is 0 Å². The zero-order valence-electron chi connectivity index (χ0n) is 12.8. The van der Waals surface area contributed by atoms with E-state index in [1.807, 2.05) is 0 Å². The molecule has 0 saturated carbocycles. The first-order valence-corrected chi connectivity index (χ1v) is 7.36. The number of epoxide rings is 1. The Morgan fingerprint density at radius 2 is 1.95 bits per heavy atom. The summed E-state index contributed by atoms with van der Waals surface area (Å²) in [5.41, 5.74) is 2.74. The molecule has 2 heteroatoms. The molecule has 2 rings (SSSR count). The predicted molar refractivity (Wildman–Crippen MR) is 78.9 cm³/mol. The normalized spacial score (nSPS) is 23.5. The zero-order valence-corrected chi connectivity index (χ0v) is 12.8. The molecule has 19 heavy (non-hydrogen) atoms. The van der Waals surface area contributed by atoms with Crippen LogP contribution in [0, 0.1) is 12.8 Å². The van der Waals surface area contributed by atoms with E-state index in [-0.39, 0.29) is 0 Å². The van der Waals surface area contributed by atoms with Crippen molar-refractivity contribution in [3.8, 4) is 5.75 Å². The first-order valence-electron chi connectivity index (χ1n) is 7.36. The molecule has 106 valence electrons. The minimum absolute atomic E-state index is 0.455. The van der Waals surface area contributed by atoms with Crippen molar-refractivity contribution in [3.05, 3.63) is 29.3 Å². The van der Waals surface area contributed by atoms with Gasteiger partial charge in [0.15, 0.2) is 0 Å². The van der Waals surface area contributed by atoms with Crippen molar-refractivity contribution < 1.29 is 9.47 Å². The number of aryl methyl sites for hydroxylation is 1. The van der Waals surface area contributed by atoms with E-state index in [4.69, 9.17) is 9.47 Å². The van der Waals surface area contributed by atoms with Crippen molar-refractivity contribution in [1.29, 1.82) is 0 Å². The lowest BCUT2D eigenvalue weighted by Gasteiger charge is -2.16. The molecule has 1 aromatic carbocycles. The van der Waals surface area contributed by atoms with E-state index in [1.54, 1.807) is 0 Å². The zero-order chi connectivity index (χ0) is 14.0. The van der Waals surface area contributed by atoms with Crippen molar-refractivity contribution in [2.45, 2.75) is 59.2 Å². The van der Waals surface area contributed by atoms with Crippen molar-refractivity contribution >= 4 is 0 Å². The van der Waals surface area contributed by atoms with E-state index in [9.17, 15) is 0 Å². The van der Waals surface area contributed by atoms with Crippen LogP contribution in [-0.4, -0.2) is 18.8 Å². The van der Waals surface area contributed by atoms with Crippen LogP contribution in [0.1, 0.15) is 51.2 Å². The largest absolute Gasteiger partial charge is 0.493 e. The molecule has 0 radical (unpaired) electrons. The van der Waals surface area contributed by atoms with Gasteiger partial charge in [0.2, 0.25) is 0 Å². The smallest absolute Gasteiger partial charge is 0.119 e. The van der Waals surface area contributed by atoms with E-state index in [2.05, 4.69) is 52.8 Å². The molecule has 0 aliphatic carbocycles. The van der Waals surface area contributed by atoms with E-state index < -0.39 is 0 Å². The monoisotopic (exact) mass is 262 g/mol. The first-order chi connectivity index (χ1) is 8.97. The Labute approximate surface area is 117 Å². The third kappa shape index (κ3) is 3.97. The highest BCUT2D eigenvalue weighted by atomic mass is 16.6. The van der Waals surface area contributed by atoms with Crippen LogP contribution < -0.4 is 4.74 Å². The van der Waals surface area contributed by atoms with E-state index in [0.717, 1.165) is 18.8 Å². The molecule has 2 nitrogen and oxygen atoms in total. The fourth-order valence-corrected chi connectivity index (χ4v) is 2.51. The summed E-state index contributed by atoms with van der Waals surface area (Å²) in [5.74, 6) is 2.10. The van der Waals surface area contributed by atoms with Gasteiger partial charge in [-0.05, 0) is 55.4 Å². The predicted octanol–water partition coefficient (Wildman–Crippen LogP) is 4.31. The molecule has 0 aromatic heterocycles. The summed E-state index contributed by atoms with van der Waals surface area (Å²) in [4.78, 5) is 0. The van der Waals surface area contributed by atoms with Crippen LogP contribution in [0.5, 0.6) is 5.75 Å². The molecule has 1 aliphatic rings. The maximum Gasteiger partial charge on any atom is 0.119 e. The van der Waals surface area contributed by atoms with Crippen LogP contribution in [0.15, 0.2) is 18.2 Å². The van der Waals surface area contributed by atoms with Gasteiger partial charge in [-0.15, -0.1) is 0 Å². The molecule has 3 unspecified atom stereocenters. The highest BCUT2D eigenvalue weighted by Gasteiger charge is 2.35. The molecule has 1 saturated heterocycles. The van der Waals surface area contributed by atoms with Crippen molar-refractivity contribution in [3.63, 3.8) is 0 Å². The Morgan fingerprint density at radius 3 is 2.47 bits per heavy atom. The Morgan fingerprint density at radius 1 is 1.26 bits per heavy atom. The van der Waals surface area contributed by atoms with Crippen LogP contribution in [0.25, 0.3) is 0 Å². The van der Waals surface area contributed by atoms with Gasteiger partial charge in [0.05, 0.1) is 18.8 Å². The van der Waals surface area contributed by atoms with Crippen LogP contribution in [-0.2, 0) is 4.74 Å². The molecule has 0 amide bonds. The van der Waals surface area contributed by atoms with Gasteiger partial charge in [0, 0.05) is 0 Å². The summed E-state index contributed by atoms with van der Waals surface area (Å²) in [7, 11) is 0. The van der Waals surface area contributed by atoms with Gasteiger partial charge in [-0.1, -0.05) is 26.8 Å². The Balaban J connectivity index is 1.97. The topological polar surface area (TPSA) is 21.8 Å². The molecule has 1 fully saturated rings. The molecule has 3 atom stereocenters. The minimum Gasteiger partial charge on any atom is -0.493 e. The Hall–Kier alpha value is -1.02. The number of hydrogen-bond acceptors (Lipinski definition) is 2. The van der Waals surface area contributed by atoms with Crippen molar-refractivity contribution in [2.75, 3.05) is 6.61 Å². The highest BCUT2D eigenvalue weighted by molar-refractivity contribution is 5.36. The van der Waals surface area contributed by atoms with E-state index >= 15 is 0 Å². The average Bonchev–Trinajstić information content (AvgIpc) is 3.02. The Kier molecular flexibility index (Phi) is 4.51. The standard InChI is InChI=1S/C17H26O2/c1-11(2)10-18-15-6-7-16(12(3)8-15)13(4)9-17-14(5)19-17/h6-8,11,13-14,17H,9-10H2,1-5H3. The second-order valence-corrected chi connectivity index (χ2v) is 6.24. The van der Waals surface area contributed by atoms with Gasteiger partial charge in [-0.25, -0.2) is 0 Å². The molecular weight excluding hydrogens is 236 g/mol. The Bertz CT molecular complexity index is 425. The van der Waals surface area contributed by atoms with Crippen LogP contribution in [0.2, 0.25) is 0 Å².